The number of halogens is 3. The summed E-state index contributed by atoms with van der Waals surface area (Å²) in [5, 5.41) is 12.7. The van der Waals surface area contributed by atoms with E-state index in [2.05, 4.69) is 25.8 Å². The van der Waals surface area contributed by atoms with Crippen LogP contribution in [0.15, 0.2) is 52.4 Å². The number of nitrogens with one attached hydrogen (secondary N) is 3. The van der Waals surface area contributed by atoms with Gasteiger partial charge in [-0.05, 0) is 24.6 Å². The molecule has 0 fully saturated rings. The van der Waals surface area contributed by atoms with Crippen molar-refractivity contribution in [2.24, 2.45) is 0 Å². The lowest BCUT2D eigenvalue weighted by molar-refractivity contribution is -0.137. The van der Waals surface area contributed by atoms with Crippen molar-refractivity contribution in [3.05, 3.63) is 63.9 Å². The molecule has 0 aliphatic carbocycles. The number of hydrogen-bond donors (Lipinski definition) is 3. The summed E-state index contributed by atoms with van der Waals surface area (Å²) < 4.78 is 39.2. The molecule has 3 aromatic rings. The van der Waals surface area contributed by atoms with Gasteiger partial charge in [0.15, 0.2) is 10.9 Å². The third-order valence-corrected chi connectivity index (χ3v) is 5.22. The highest BCUT2D eigenvalue weighted by Crippen LogP contribution is 2.34. The van der Waals surface area contributed by atoms with Gasteiger partial charge in [-0.1, -0.05) is 42.1 Å². The van der Waals surface area contributed by atoms with Crippen molar-refractivity contribution in [2.75, 3.05) is 16.4 Å². The number of para-hydroxylation sites is 2. The van der Waals surface area contributed by atoms with Crippen LogP contribution in [0.5, 0.6) is 0 Å². The molecule has 0 saturated carbocycles. The van der Waals surface area contributed by atoms with Gasteiger partial charge < -0.3 is 10.6 Å². The Kier molecular flexibility index (Phi) is 7.16. The molecule has 0 saturated heterocycles. The second kappa shape index (κ2) is 9.86. The fourth-order valence-corrected chi connectivity index (χ4v) is 3.53. The minimum atomic E-state index is -4.62. The number of aryl methyl sites for hydroxylation is 1. The van der Waals surface area contributed by atoms with Gasteiger partial charge in [-0.15, -0.1) is 10.2 Å². The molecule has 3 N–H and O–H groups in total. The Morgan fingerprint density at radius 1 is 1.06 bits per heavy atom. The van der Waals surface area contributed by atoms with Gasteiger partial charge >= 0.3 is 6.18 Å². The SMILES string of the molecule is CC(=O)Nc1c(C)cccc1-c1nnc(SCC(=O)Nc2ccccc2C(F)(F)F)[nH]c1=O. The molecule has 0 spiro atoms. The van der Waals surface area contributed by atoms with Gasteiger partial charge in [0, 0.05) is 12.5 Å². The molecular weight excluding hydrogens is 459 g/mol. The van der Waals surface area contributed by atoms with Crippen molar-refractivity contribution in [3.8, 4) is 11.3 Å². The second-order valence-electron chi connectivity index (χ2n) is 6.87. The molecule has 1 aromatic heterocycles. The number of aromatic amines is 1. The Morgan fingerprint density at radius 2 is 1.79 bits per heavy atom. The van der Waals surface area contributed by atoms with Gasteiger partial charge in [0.1, 0.15) is 0 Å². The summed E-state index contributed by atoms with van der Waals surface area (Å²) >= 11 is 0.805. The number of alkyl halides is 3. The van der Waals surface area contributed by atoms with E-state index in [0.29, 0.717) is 11.3 Å². The lowest BCUT2D eigenvalue weighted by Crippen LogP contribution is -2.19. The quantitative estimate of drug-likeness (QED) is 0.465. The molecule has 172 valence electrons. The van der Waals surface area contributed by atoms with Gasteiger partial charge in [0.2, 0.25) is 11.8 Å². The average molecular weight is 477 g/mol. The third-order valence-electron chi connectivity index (χ3n) is 4.35. The molecule has 3 rings (SSSR count). The van der Waals surface area contributed by atoms with Gasteiger partial charge in [0.05, 0.1) is 22.7 Å². The minimum absolute atomic E-state index is 0.0109. The molecule has 2 aromatic carbocycles. The van der Waals surface area contributed by atoms with Crippen LogP contribution in [0.4, 0.5) is 24.5 Å². The van der Waals surface area contributed by atoms with E-state index in [9.17, 15) is 27.6 Å². The summed E-state index contributed by atoms with van der Waals surface area (Å²) in [5.41, 5.74) is -0.449. The zero-order valence-electron chi connectivity index (χ0n) is 17.4. The number of thioether (sulfide) groups is 1. The van der Waals surface area contributed by atoms with E-state index in [-0.39, 0.29) is 28.2 Å². The largest absolute Gasteiger partial charge is 0.418 e. The number of amides is 2. The number of hydrogen-bond acceptors (Lipinski definition) is 6. The van der Waals surface area contributed by atoms with Crippen LogP contribution in [-0.4, -0.2) is 32.7 Å². The Balaban J connectivity index is 1.74. The van der Waals surface area contributed by atoms with Crippen LogP contribution in [0.2, 0.25) is 0 Å². The Labute approximate surface area is 190 Å². The topological polar surface area (TPSA) is 117 Å². The smallest absolute Gasteiger partial charge is 0.325 e. The van der Waals surface area contributed by atoms with E-state index in [1.807, 2.05) is 0 Å². The van der Waals surface area contributed by atoms with E-state index < -0.39 is 23.2 Å². The highest BCUT2D eigenvalue weighted by molar-refractivity contribution is 7.99. The van der Waals surface area contributed by atoms with Crippen molar-refractivity contribution in [3.63, 3.8) is 0 Å². The molecule has 0 aliphatic heterocycles. The summed E-state index contributed by atoms with van der Waals surface area (Å²) in [5.74, 6) is -1.34. The fourth-order valence-electron chi connectivity index (χ4n) is 2.93. The maximum atomic E-state index is 13.1. The summed E-state index contributed by atoms with van der Waals surface area (Å²) in [7, 11) is 0. The number of aromatic nitrogens is 3. The molecule has 2 amide bonds. The number of carbonyl (C=O) groups excluding carboxylic acids is 2. The summed E-state index contributed by atoms with van der Waals surface area (Å²) in [4.78, 5) is 38.7. The van der Waals surface area contributed by atoms with Crippen LogP contribution in [-0.2, 0) is 15.8 Å². The van der Waals surface area contributed by atoms with E-state index in [1.54, 1.807) is 25.1 Å². The van der Waals surface area contributed by atoms with Crippen molar-refractivity contribution < 1.29 is 22.8 Å². The summed E-state index contributed by atoms with van der Waals surface area (Å²) in [6, 6.07) is 9.68. The first kappa shape index (κ1) is 24.0. The Bertz CT molecular complexity index is 1260. The molecule has 1 heterocycles. The number of anilines is 2. The Morgan fingerprint density at radius 3 is 2.45 bits per heavy atom. The van der Waals surface area contributed by atoms with Crippen LogP contribution in [0.1, 0.15) is 18.1 Å². The number of nitrogens with zero attached hydrogens (tertiary/aromatic N) is 2. The molecule has 12 heteroatoms. The lowest BCUT2D eigenvalue weighted by atomic mass is 10.1. The van der Waals surface area contributed by atoms with Crippen molar-refractivity contribution in [1.29, 1.82) is 0 Å². The average Bonchev–Trinajstić information content (AvgIpc) is 2.73. The monoisotopic (exact) mass is 477 g/mol. The van der Waals surface area contributed by atoms with E-state index in [0.717, 1.165) is 29.5 Å². The predicted molar refractivity (Wildman–Crippen MR) is 118 cm³/mol. The zero-order chi connectivity index (χ0) is 24.2. The molecule has 33 heavy (non-hydrogen) atoms. The summed E-state index contributed by atoms with van der Waals surface area (Å²) in [6.45, 7) is 3.10. The Hall–Kier alpha value is -3.67. The molecule has 8 nitrogen and oxygen atoms in total. The maximum absolute atomic E-state index is 13.1. The van der Waals surface area contributed by atoms with Crippen molar-refractivity contribution in [1.82, 2.24) is 15.2 Å². The number of rotatable bonds is 6. The normalized spacial score (nSPS) is 11.2. The molecular formula is C21H18F3N5O3S. The fraction of sp³-hybridized carbons (Fsp3) is 0.190. The molecule has 0 atom stereocenters. The first-order valence-electron chi connectivity index (χ1n) is 9.49. The van der Waals surface area contributed by atoms with Gasteiger partial charge in [-0.25, -0.2) is 0 Å². The first-order chi connectivity index (χ1) is 15.6. The van der Waals surface area contributed by atoms with Crippen LogP contribution in [0.25, 0.3) is 11.3 Å². The van der Waals surface area contributed by atoms with E-state index >= 15 is 0 Å². The van der Waals surface area contributed by atoms with E-state index in [1.165, 1.54) is 19.1 Å². The van der Waals surface area contributed by atoms with Crippen molar-refractivity contribution in [2.45, 2.75) is 25.2 Å². The van der Waals surface area contributed by atoms with E-state index in [4.69, 9.17) is 0 Å². The van der Waals surface area contributed by atoms with Gasteiger partial charge in [-0.2, -0.15) is 13.2 Å². The van der Waals surface area contributed by atoms with Crippen molar-refractivity contribution >= 4 is 35.0 Å². The minimum Gasteiger partial charge on any atom is -0.325 e. The molecule has 0 radical (unpaired) electrons. The highest BCUT2D eigenvalue weighted by atomic mass is 32.2. The molecule has 0 bridgehead atoms. The number of carbonyl (C=O) groups is 2. The highest BCUT2D eigenvalue weighted by Gasteiger charge is 2.33. The van der Waals surface area contributed by atoms with Gasteiger partial charge in [-0.3, -0.25) is 19.4 Å². The number of H-pyrrole nitrogens is 1. The molecule has 0 unspecified atom stereocenters. The van der Waals surface area contributed by atoms with Gasteiger partial charge in [0.25, 0.3) is 5.56 Å². The second-order valence-corrected chi connectivity index (χ2v) is 7.83. The standard InChI is InChI=1S/C21H18F3N5O3S/c1-11-6-5-7-13(17(11)25-12(2)30)18-19(32)27-20(29-28-18)33-10-16(31)26-15-9-4-3-8-14(15)21(22,23)24/h3-9H,10H2,1-2H3,(H,25,30)(H,26,31)(H,27,29,32). The number of benzene rings is 2. The lowest BCUT2D eigenvalue weighted by Gasteiger charge is -2.13. The predicted octanol–water partition coefficient (Wildman–Crippen LogP) is 3.85. The first-order valence-corrected chi connectivity index (χ1v) is 10.5. The van der Waals surface area contributed by atoms with Crippen LogP contribution < -0.4 is 16.2 Å². The van der Waals surface area contributed by atoms with Crippen LogP contribution >= 0.6 is 11.8 Å². The van der Waals surface area contributed by atoms with Crippen LogP contribution in [0, 0.1) is 6.92 Å². The van der Waals surface area contributed by atoms with Crippen LogP contribution in [0.3, 0.4) is 0 Å². The maximum Gasteiger partial charge on any atom is 0.418 e. The molecule has 0 aliphatic rings. The summed E-state index contributed by atoms with van der Waals surface area (Å²) in [6.07, 6.45) is -4.62. The third kappa shape index (κ3) is 5.98. The zero-order valence-corrected chi connectivity index (χ0v) is 18.2.